The number of rotatable bonds is 3. The summed E-state index contributed by atoms with van der Waals surface area (Å²) < 4.78 is 29.7. The number of benzene rings is 2. The highest BCUT2D eigenvalue weighted by atomic mass is 19.1. The Balaban J connectivity index is 1.64. The van der Waals surface area contributed by atoms with Gasteiger partial charge in [0.15, 0.2) is 0 Å². The van der Waals surface area contributed by atoms with Crippen LogP contribution in [0.5, 0.6) is 0 Å². The highest BCUT2D eigenvalue weighted by Gasteiger charge is 2.29. The lowest BCUT2D eigenvalue weighted by atomic mass is 9.83. The van der Waals surface area contributed by atoms with E-state index in [2.05, 4.69) is 4.98 Å². The summed E-state index contributed by atoms with van der Waals surface area (Å²) in [7, 11) is 0. The zero-order valence-electron chi connectivity index (χ0n) is 14.1. The normalized spacial score (nSPS) is 19.0. The van der Waals surface area contributed by atoms with E-state index in [4.69, 9.17) is 5.26 Å². The van der Waals surface area contributed by atoms with E-state index in [-0.39, 0.29) is 17.7 Å². The fourth-order valence-corrected chi connectivity index (χ4v) is 3.83. The Morgan fingerprint density at radius 1 is 1.15 bits per heavy atom. The van der Waals surface area contributed by atoms with E-state index in [1.807, 2.05) is 16.8 Å². The van der Waals surface area contributed by atoms with E-state index in [0.717, 1.165) is 30.5 Å². The van der Waals surface area contributed by atoms with Crippen molar-refractivity contribution in [3.05, 3.63) is 89.0 Å². The molecule has 0 fully saturated rings. The Morgan fingerprint density at radius 3 is 2.69 bits per heavy atom. The molecule has 1 aliphatic heterocycles. The smallest absolute Gasteiger partial charge is 0.129 e. The lowest BCUT2D eigenvalue weighted by Crippen LogP contribution is -2.26. The molecule has 1 aliphatic rings. The van der Waals surface area contributed by atoms with Gasteiger partial charge in [0.05, 0.1) is 24.0 Å². The minimum absolute atomic E-state index is 0.153. The van der Waals surface area contributed by atoms with Crippen LogP contribution in [0.3, 0.4) is 0 Å². The molecule has 0 saturated heterocycles. The Labute approximate surface area is 150 Å². The molecule has 0 bridgehead atoms. The number of halogens is 2. The van der Waals surface area contributed by atoms with Crippen molar-refractivity contribution >= 4 is 0 Å². The number of aromatic nitrogens is 2. The molecular weight excluding hydrogens is 332 g/mol. The third-order valence-electron chi connectivity index (χ3n) is 5.06. The Kier molecular flexibility index (Phi) is 4.26. The molecule has 0 saturated carbocycles. The maximum atomic E-state index is 14.6. The Hall–Kier alpha value is -3.00. The lowest BCUT2D eigenvalue weighted by molar-refractivity contribution is 0.337. The topological polar surface area (TPSA) is 41.6 Å². The van der Waals surface area contributed by atoms with Crippen molar-refractivity contribution in [2.75, 3.05) is 0 Å². The summed E-state index contributed by atoms with van der Waals surface area (Å²) in [6.45, 7) is 0. The SMILES string of the molecule is N#Cc1ccc([C@@H]2C[C@@H](Cc3ccc(F)cc3)Cc3cncn32)c(F)c1. The number of imidazole rings is 1. The van der Waals surface area contributed by atoms with Crippen molar-refractivity contribution < 1.29 is 8.78 Å². The maximum Gasteiger partial charge on any atom is 0.129 e. The molecule has 2 aromatic carbocycles. The second kappa shape index (κ2) is 6.72. The molecule has 0 aliphatic carbocycles. The largest absolute Gasteiger partial charge is 0.327 e. The molecule has 2 heterocycles. The number of nitrogens with zero attached hydrogens (tertiary/aromatic N) is 3. The molecule has 3 nitrogen and oxygen atoms in total. The minimum atomic E-state index is -0.365. The third kappa shape index (κ3) is 3.11. The summed E-state index contributed by atoms with van der Waals surface area (Å²) in [4.78, 5) is 4.23. The van der Waals surface area contributed by atoms with Crippen molar-refractivity contribution in [3.8, 4) is 6.07 Å². The van der Waals surface area contributed by atoms with Crippen LogP contribution in [0.25, 0.3) is 0 Å². The molecule has 2 atom stereocenters. The van der Waals surface area contributed by atoms with E-state index in [1.54, 1.807) is 30.6 Å². The first kappa shape index (κ1) is 16.5. The molecule has 0 N–H and O–H groups in total. The fraction of sp³-hybridized carbons (Fsp3) is 0.238. The average Bonchev–Trinajstić information content (AvgIpc) is 3.11. The molecule has 1 aromatic heterocycles. The summed E-state index contributed by atoms with van der Waals surface area (Å²) in [6, 6.07) is 13.0. The van der Waals surface area contributed by atoms with E-state index in [9.17, 15) is 8.78 Å². The molecule has 3 aromatic rings. The molecular formula is C21H17F2N3. The van der Waals surface area contributed by atoms with Gasteiger partial charge in [-0.2, -0.15) is 5.26 Å². The van der Waals surface area contributed by atoms with Crippen molar-refractivity contribution in [1.29, 1.82) is 5.26 Å². The van der Waals surface area contributed by atoms with Gasteiger partial charge < -0.3 is 4.57 Å². The second-order valence-corrected chi connectivity index (χ2v) is 6.79. The summed E-state index contributed by atoms with van der Waals surface area (Å²) in [5, 5.41) is 8.96. The number of nitriles is 1. The van der Waals surface area contributed by atoms with E-state index < -0.39 is 0 Å². The quantitative estimate of drug-likeness (QED) is 0.702. The highest BCUT2D eigenvalue weighted by molar-refractivity contribution is 5.35. The highest BCUT2D eigenvalue weighted by Crippen LogP contribution is 2.36. The summed E-state index contributed by atoms with van der Waals surface area (Å²) >= 11 is 0. The summed E-state index contributed by atoms with van der Waals surface area (Å²) in [6.07, 6.45) is 5.99. The van der Waals surface area contributed by atoms with Crippen LogP contribution >= 0.6 is 0 Å². The predicted molar refractivity (Wildman–Crippen MR) is 93.4 cm³/mol. The van der Waals surface area contributed by atoms with Crippen molar-refractivity contribution in [2.45, 2.75) is 25.3 Å². The maximum absolute atomic E-state index is 14.6. The van der Waals surface area contributed by atoms with Crippen molar-refractivity contribution in [2.24, 2.45) is 5.92 Å². The molecule has 5 heteroatoms. The molecule has 130 valence electrons. The zero-order valence-corrected chi connectivity index (χ0v) is 14.1. The number of fused-ring (bicyclic) bond motifs is 1. The van der Waals surface area contributed by atoms with Crippen molar-refractivity contribution in [1.82, 2.24) is 9.55 Å². The van der Waals surface area contributed by atoms with Gasteiger partial charge >= 0.3 is 0 Å². The van der Waals surface area contributed by atoms with Crippen LogP contribution in [0.15, 0.2) is 55.0 Å². The van der Waals surface area contributed by atoms with E-state index >= 15 is 0 Å². The van der Waals surface area contributed by atoms with Gasteiger partial charge in [-0.25, -0.2) is 13.8 Å². The van der Waals surface area contributed by atoms with Gasteiger partial charge in [0, 0.05) is 17.5 Å². The standard InChI is InChI=1S/C21H17F2N3/c22-17-4-1-14(2-5-17)7-16-8-18-12-25-13-26(18)21(10-16)19-6-3-15(11-24)9-20(19)23/h1-6,9,12-13,16,21H,7-8,10H2/t16-,21-/m0/s1. The van der Waals surface area contributed by atoms with Gasteiger partial charge in [-0.05, 0) is 55.0 Å². The molecule has 0 amide bonds. The lowest BCUT2D eigenvalue weighted by Gasteiger charge is -2.32. The summed E-state index contributed by atoms with van der Waals surface area (Å²) in [5.41, 5.74) is 3.03. The zero-order chi connectivity index (χ0) is 18.1. The van der Waals surface area contributed by atoms with Crippen LogP contribution in [-0.2, 0) is 12.8 Å². The molecule has 26 heavy (non-hydrogen) atoms. The minimum Gasteiger partial charge on any atom is -0.327 e. The van der Waals surface area contributed by atoms with E-state index in [1.165, 1.54) is 18.2 Å². The van der Waals surface area contributed by atoms with Gasteiger partial charge in [0.2, 0.25) is 0 Å². The first-order valence-corrected chi connectivity index (χ1v) is 8.58. The van der Waals surface area contributed by atoms with Gasteiger partial charge in [0.25, 0.3) is 0 Å². The first-order chi connectivity index (χ1) is 12.6. The first-order valence-electron chi connectivity index (χ1n) is 8.58. The van der Waals surface area contributed by atoms with E-state index in [0.29, 0.717) is 17.0 Å². The predicted octanol–water partition coefficient (Wildman–Crippen LogP) is 4.43. The average molecular weight is 349 g/mol. The van der Waals surface area contributed by atoms with Crippen LogP contribution in [0.2, 0.25) is 0 Å². The molecule has 0 radical (unpaired) electrons. The molecule has 0 unspecified atom stereocenters. The van der Waals surface area contributed by atoms with Gasteiger partial charge in [-0.1, -0.05) is 18.2 Å². The van der Waals surface area contributed by atoms with Crippen LogP contribution in [-0.4, -0.2) is 9.55 Å². The van der Waals surface area contributed by atoms with Gasteiger partial charge in [-0.3, -0.25) is 0 Å². The molecule has 4 rings (SSSR count). The Morgan fingerprint density at radius 2 is 1.96 bits per heavy atom. The van der Waals surface area contributed by atoms with Crippen LogP contribution in [0.1, 0.15) is 34.8 Å². The van der Waals surface area contributed by atoms with Crippen LogP contribution in [0, 0.1) is 28.9 Å². The molecule has 0 spiro atoms. The fourth-order valence-electron chi connectivity index (χ4n) is 3.83. The van der Waals surface area contributed by atoms with Crippen LogP contribution < -0.4 is 0 Å². The van der Waals surface area contributed by atoms with Gasteiger partial charge in [-0.15, -0.1) is 0 Å². The number of hydrogen-bond acceptors (Lipinski definition) is 2. The van der Waals surface area contributed by atoms with Crippen molar-refractivity contribution in [3.63, 3.8) is 0 Å². The Bertz CT molecular complexity index is 970. The monoisotopic (exact) mass is 349 g/mol. The second-order valence-electron chi connectivity index (χ2n) is 6.79. The third-order valence-corrected chi connectivity index (χ3v) is 5.06. The number of hydrogen-bond donors (Lipinski definition) is 0. The van der Waals surface area contributed by atoms with Gasteiger partial charge in [0.1, 0.15) is 11.6 Å². The van der Waals surface area contributed by atoms with Crippen LogP contribution in [0.4, 0.5) is 8.78 Å². The summed E-state index contributed by atoms with van der Waals surface area (Å²) in [5.74, 6) is -0.297.